The Balaban J connectivity index is 1.52. The number of hydrogen-bond acceptors (Lipinski definition) is 4. The van der Waals surface area contributed by atoms with Crippen LogP contribution >= 0.6 is 0 Å². The van der Waals surface area contributed by atoms with Gasteiger partial charge < -0.3 is 20.1 Å². The van der Waals surface area contributed by atoms with Gasteiger partial charge in [-0.25, -0.2) is 0 Å². The largest absolute Gasteiger partial charge is 0.382 e. The summed E-state index contributed by atoms with van der Waals surface area (Å²) in [6.07, 6.45) is 5.57. The number of hydrogen-bond donors (Lipinski definition) is 2. The van der Waals surface area contributed by atoms with Crippen molar-refractivity contribution in [2.45, 2.75) is 44.2 Å². The average molecular weight is 270 g/mol. The maximum Gasteiger partial charge on any atom is 0.220 e. The van der Waals surface area contributed by atoms with Crippen molar-refractivity contribution in [1.29, 1.82) is 0 Å². The maximum absolute atomic E-state index is 11.8. The van der Waals surface area contributed by atoms with Crippen LogP contribution in [0.5, 0.6) is 0 Å². The molecule has 110 valence electrons. The molecule has 2 fully saturated rings. The van der Waals surface area contributed by atoms with Crippen molar-refractivity contribution in [1.82, 2.24) is 10.6 Å². The third kappa shape index (κ3) is 5.09. The van der Waals surface area contributed by atoms with E-state index >= 15 is 0 Å². The predicted octanol–water partition coefficient (Wildman–Crippen LogP) is 0.686. The fraction of sp³-hybridized carbons (Fsp3) is 0.929. The Morgan fingerprint density at radius 3 is 2.63 bits per heavy atom. The van der Waals surface area contributed by atoms with Gasteiger partial charge in [0.1, 0.15) is 0 Å². The van der Waals surface area contributed by atoms with Crippen LogP contribution in [0.4, 0.5) is 0 Å². The van der Waals surface area contributed by atoms with Crippen LogP contribution in [-0.2, 0) is 14.3 Å². The summed E-state index contributed by atoms with van der Waals surface area (Å²) in [5.41, 5.74) is 0. The van der Waals surface area contributed by atoms with Gasteiger partial charge in [-0.3, -0.25) is 4.79 Å². The van der Waals surface area contributed by atoms with Gasteiger partial charge in [-0.1, -0.05) is 0 Å². The molecular formula is C14H26N2O3. The molecular weight excluding hydrogens is 244 g/mol. The number of carbonyl (C=O) groups is 1. The monoisotopic (exact) mass is 270 g/mol. The van der Waals surface area contributed by atoms with Gasteiger partial charge in [-0.2, -0.15) is 0 Å². The summed E-state index contributed by atoms with van der Waals surface area (Å²) < 4.78 is 10.2. The summed E-state index contributed by atoms with van der Waals surface area (Å²) in [6, 6.07) is 1.32. The van der Waals surface area contributed by atoms with E-state index in [9.17, 15) is 4.79 Å². The molecule has 0 aromatic rings. The molecule has 2 unspecified atom stereocenters. The third-order valence-corrected chi connectivity index (χ3v) is 4.05. The Morgan fingerprint density at radius 1 is 1.21 bits per heavy atom. The van der Waals surface area contributed by atoms with Crippen LogP contribution in [0.2, 0.25) is 0 Å². The molecule has 0 aromatic heterocycles. The quantitative estimate of drug-likeness (QED) is 0.637. The minimum atomic E-state index is 0.168. The molecule has 2 saturated heterocycles. The molecule has 2 N–H and O–H groups in total. The van der Waals surface area contributed by atoms with E-state index in [4.69, 9.17) is 9.47 Å². The van der Waals surface area contributed by atoms with Gasteiger partial charge in [0.2, 0.25) is 5.91 Å². The van der Waals surface area contributed by atoms with Crippen LogP contribution in [0, 0.1) is 5.92 Å². The lowest BCUT2D eigenvalue weighted by atomic mass is 9.89. The topological polar surface area (TPSA) is 59.6 Å². The summed E-state index contributed by atoms with van der Waals surface area (Å²) in [5.74, 6) is 0.731. The first-order valence-electron chi connectivity index (χ1n) is 7.37. The number of rotatable bonds is 8. The SMILES string of the molecule is COCCOCCNC(=O)CC1CC2CCC(C1)N2. The second kappa shape index (κ2) is 7.82. The molecule has 2 aliphatic rings. The molecule has 2 atom stereocenters. The molecule has 0 spiro atoms. The normalized spacial score (nSPS) is 29.4. The molecule has 2 rings (SSSR count). The van der Waals surface area contributed by atoms with Crippen molar-refractivity contribution >= 4 is 5.91 Å². The van der Waals surface area contributed by atoms with Crippen molar-refractivity contribution < 1.29 is 14.3 Å². The highest BCUT2D eigenvalue weighted by atomic mass is 16.5. The van der Waals surface area contributed by atoms with Gasteiger partial charge in [-0.05, 0) is 31.6 Å². The van der Waals surface area contributed by atoms with E-state index in [1.165, 1.54) is 12.8 Å². The van der Waals surface area contributed by atoms with Crippen LogP contribution in [0.1, 0.15) is 32.1 Å². The summed E-state index contributed by atoms with van der Waals surface area (Å²) in [5, 5.41) is 6.53. The number of methoxy groups -OCH3 is 1. The first-order valence-corrected chi connectivity index (χ1v) is 7.37. The van der Waals surface area contributed by atoms with Crippen LogP contribution in [0.25, 0.3) is 0 Å². The molecule has 2 bridgehead atoms. The first-order chi connectivity index (χ1) is 9.28. The fourth-order valence-corrected chi connectivity index (χ4v) is 3.18. The molecule has 5 nitrogen and oxygen atoms in total. The summed E-state index contributed by atoms with van der Waals surface area (Å²) in [7, 11) is 1.65. The molecule has 2 heterocycles. The zero-order valence-electron chi connectivity index (χ0n) is 11.8. The van der Waals surface area contributed by atoms with E-state index in [0.717, 1.165) is 12.8 Å². The minimum absolute atomic E-state index is 0.168. The van der Waals surface area contributed by atoms with Crippen molar-refractivity contribution in [2.75, 3.05) is 33.5 Å². The van der Waals surface area contributed by atoms with Crippen molar-refractivity contribution in [3.63, 3.8) is 0 Å². The molecule has 0 radical (unpaired) electrons. The third-order valence-electron chi connectivity index (χ3n) is 4.05. The van der Waals surface area contributed by atoms with Crippen molar-refractivity contribution in [2.24, 2.45) is 5.92 Å². The molecule has 19 heavy (non-hydrogen) atoms. The Bertz CT molecular complexity index is 274. The Morgan fingerprint density at radius 2 is 1.95 bits per heavy atom. The second-order valence-corrected chi connectivity index (χ2v) is 5.63. The van der Waals surface area contributed by atoms with Gasteiger partial charge in [-0.15, -0.1) is 0 Å². The second-order valence-electron chi connectivity index (χ2n) is 5.63. The van der Waals surface area contributed by atoms with Crippen LogP contribution in [0.3, 0.4) is 0 Å². The Hall–Kier alpha value is -0.650. The van der Waals surface area contributed by atoms with E-state index in [2.05, 4.69) is 10.6 Å². The fourth-order valence-electron chi connectivity index (χ4n) is 3.18. The number of ether oxygens (including phenoxy) is 2. The van der Waals surface area contributed by atoms with Crippen LogP contribution < -0.4 is 10.6 Å². The van der Waals surface area contributed by atoms with Gasteiger partial charge in [0.15, 0.2) is 0 Å². The van der Waals surface area contributed by atoms with E-state index in [1.54, 1.807) is 7.11 Å². The number of amides is 1. The van der Waals surface area contributed by atoms with Gasteiger partial charge in [0, 0.05) is 32.2 Å². The predicted molar refractivity (Wildman–Crippen MR) is 73.0 cm³/mol. The van der Waals surface area contributed by atoms with E-state index < -0.39 is 0 Å². The summed E-state index contributed by atoms with van der Waals surface area (Å²) in [4.78, 5) is 11.8. The smallest absolute Gasteiger partial charge is 0.220 e. The van der Waals surface area contributed by atoms with Gasteiger partial charge in [0.05, 0.1) is 19.8 Å². The lowest BCUT2D eigenvalue weighted by molar-refractivity contribution is -0.122. The molecule has 0 saturated carbocycles. The van der Waals surface area contributed by atoms with Crippen molar-refractivity contribution in [3.8, 4) is 0 Å². The van der Waals surface area contributed by atoms with Crippen LogP contribution in [0.15, 0.2) is 0 Å². The number of nitrogens with one attached hydrogen (secondary N) is 2. The average Bonchev–Trinajstić information content (AvgIpc) is 2.73. The molecule has 0 aromatic carbocycles. The Kier molecular flexibility index (Phi) is 6.07. The zero-order valence-corrected chi connectivity index (χ0v) is 11.8. The van der Waals surface area contributed by atoms with E-state index in [0.29, 0.717) is 50.8 Å². The lowest BCUT2D eigenvalue weighted by Crippen LogP contribution is -2.40. The first kappa shape index (κ1) is 14.8. The maximum atomic E-state index is 11.8. The lowest BCUT2D eigenvalue weighted by Gasteiger charge is -2.28. The highest BCUT2D eigenvalue weighted by Gasteiger charge is 2.33. The van der Waals surface area contributed by atoms with Crippen molar-refractivity contribution in [3.05, 3.63) is 0 Å². The highest BCUT2D eigenvalue weighted by Crippen LogP contribution is 2.32. The molecule has 5 heteroatoms. The molecule has 0 aliphatic carbocycles. The van der Waals surface area contributed by atoms with E-state index in [1.807, 2.05) is 0 Å². The van der Waals surface area contributed by atoms with Gasteiger partial charge in [0.25, 0.3) is 0 Å². The highest BCUT2D eigenvalue weighted by molar-refractivity contribution is 5.76. The number of piperidine rings is 1. The number of carbonyl (C=O) groups excluding carboxylic acids is 1. The van der Waals surface area contributed by atoms with Gasteiger partial charge >= 0.3 is 0 Å². The minimum Gasteiger partial charge on any atom is -0.382 e. The Labute approximate surface area is 115 Å². The number of fused-ring (bicyclic) bond motifs is 2. The summed E-state index contributed by atoms with van der Waals surface area (Å²) in [6.45, 7) is 2.35. The molecule has 2 aliphatic heterocycles. The standard InChI is InChI=1S/C14H26N2O3/c1-18-6-7-19-5-4-15-14(17)10-11-8-12-2-3-13(9-11)16-12/h11-13,16H,2-10H2,1H3,(H,15,17). The summed E-state index contributed by atoms with van der Waals surface area (Å²) >= 11 is 0. The molecule has 1 amide bonds. The van der Waals surface area contributed by atoms with E-state index in [-0.39, 0.29) is 5.91 Å². The zero-order chi connectivity index (χ0) is 13.5. The van der Waals surface area contributed by atoms with Crippen LogP contribution in [-0.4, -0.2) is 51.5 Å².